The number of rotatable bonds is 0. The van der Waals surface area contributed by atoms with Crippen molar-refractivity contribution in [2.45, 2.75) is 4.30 Å². The summed E-state index contributed by atoms with van der Waals surface area (Å²) >= 11 is 14.4. The number of hydrogen-bond donors (Lipinski definition) is 2. The van der Waals surface area contributed by atoms with Gasteiger partial charge in [-0.25, -0.2) is 0 Å². The molecule has 48 valence electrons. The van der Waals surface area contributed by atoms with Crippen LogP contribution in [0.2, 0.25) is 0 Å². The predicted molar refractivity (Wildman–Crippen MR) is 33.3 cm³/mol. The van der Waals surface area contributed by atoms with Gasteiger partial charge < -0.3 is 5.48 Å². The van der Waals surface area contributed by atoms with Crippen LogP contribution in [-0.2, 0) is 0 Å². The third-order valence-electron chi connectivity index (χ3n) is 0. The fourth-order valence-corrected chi connectivity index (χ4v) is 0. The lowest BCUT2D eigenvalue weighted by Gasteiger charge is -1.69. The highest BCUT2D eigenvalue weighted by molar-refractivity contribution is 6.63. The highest BCUT2D eigenvalue weighted by Gasteiger charge is 1.78. The zero-order chi connectivity index (χ0) is 5.58. The molecule has 0 aliphatic rings. The first-order chi connectivity index (χ1) is 2.73. The molecule has 0 rings (SSSR count). The van der Waals surface area contributed by atoms with Gasteiger partial charge in [0.2, 0.25) is 0 Å². The van der Waals surface area contributed by atoms with E-state index in [9.17, 15) is 0 Å². The molecule has 0 amide bonds. The topological polar surface area (TPSA) is 83.5 Å². The first-order valence-corrected chi connectivity index (χ1v) is 2.30. The maximum atomic E-state index is 4.81. The van der Waals surface area contributed by atoms with E-state index < -0.39 is 4.30 Å². The molecule has 0 aromatic carbocycles. The van der Waals surface area contributed by atoms with Crippen molar-refractivity contribution in [2.75, 3.05) is 0 Å². The molecule has 3 nitrogen and oxygen atoms in total. The number of hydrazine groups is 1. The molecule has 6 heteroatoms. The summed E-state index contributed by atoms with van der Waals surface area (Å²) in [6.07, 6.45) is 0. The Kier molecular flexibility index (Phi) is 35.5. The first-order valence-electron chi connectivity index (χ1n) is 0.988. The molecular formula is CH7Cl3N2O. The monoisotopic (exact) mass is 168 g/mol. The minimum Gasteiger partial charge on any atom is -0.412 e. The van der Waals surface area contributed by atoms with Crippen molar-refractivity contribution >= 4 is 34.8 Å². The second-order valence-electron chi connectivity index (χ2n) is 0.247. The Morgan fingerprint density at radius 1 is 1.00 bits per heavy atom. The van der Waals surface area contributed by atoms with Gasteiger partial charge in [0.1, 0.15) is 0 Å². The van der Waals surface area contributed by atoms with Crippen molar-refractivity contribution < 1.29 is 5.48 Å². The molecule has 0 unspecified atom stereocenters. The molecule has 0 bridgehead atoms. The predicted octanol–water partition coefficient (Wildman–Crippen LogP) is -0.0195. The molecule has 0 aromatic heterocycles. The molecule has 0 aliphatic carbocycles. The molecule has 0 radical (unpaired) electrons. The maximum absolute atomic E-state index is 4.81. The standard InChI is InChI=1S/CHCl3.H4N2.H2O/c2-1(3)4;1-2;/h1H;1-2H2;1H2. The molecule has 6 N–H and O–H groups in total. The van der Waals surface area contributed by atoms with Crippen LogP contribution in [0.25, 0.3) is 0 Å². The number of nitrogens with two attached hydrogens (primary N) is 2. The molecule has 0 spiro atoms. The van der Waals surface area contributed by atoms with E-state index in [1.165, 1.54) is 0 Å². The molecule has 0 atom stereocenters. The van der Waals surface area contributed by atoms with Crippen LogP contribution in [-0.4, -0.2) is 9.77 Å². The molecule has 0 saturated carbocycles. The van der Waals surface area contributed by atoms with Crippen molar-refractivity contribution in [2.24, 2.45) is 11.7 Å². The van der Waals surface area contributed by atoms with Gasteiger partial charge in [0, 0.05) is 0 Å². The van der Waals surface area contributed by atoms with Crippen LogP contribution in [0.15, 0.2) is 0 Å². The van der Waals surface area contributed by atoms with Crippen molar-refractivity contribution in [1.29, 1.82) is 0 Å². The fourth-order valence-electron chi connectivity index (χ4n) is 0. The summed E-state index contributed by atoms with van der Waals surface area (Å²) in [5.41, 5.74) is 0. The molecule has 0 fully saturated rings. The average molecular weight is 169 g/mol. The summed E-state index contributed by atoms with van der Waals surface area (Å²) in [7, 11) is 0. The minimum absolute atomic E-state index is 0. The van der Waals surface area contributed by atoms with Crippen LogP contribution in [0.1, 0.15) is 0 Å². The lowest BCUT2D eigenvalue weighted by atomic mass is 11.9. The van der Waals surface area contributed by atoms with Crippen LogP contribution in [0.4, 0.5) is 0 Å². The maximum Gasteiger partial charge on any atom is 0.180 e. The summed E-state index contributed by atoms with van der Waals surface area (Å²) in [5, 5.41) is 0. The zero-order valence-corrected chi connectivity index (χ0v) is 5.63. The summed E-state index contributed by atoms with van der Waals surface area (Å²) in [4.78, 5) is 0. The van der Waals surface area contributed by atoms with Crippen molar-refractivity contribution in [1.82, 2.24) is 0 Å². The normalized spacial score (nSPS) is 6.00. The van der Waals surface area contributed by atoms with E-state index >= 15 is 0 Å². The SMILES string of the molecule is ClC(Cl)Cl.NN.O. The van der Waals surface area contributed by atoms with Gasteiger partial charge in [0.15, 0.2) is 4.30 Å². The third-order valence-corrected chi connectivity index (χ3v) is 0. The third kappa shape index (κ3) is 271. The van der Waals surface area contributed by atoms with Crippen LogP contribution >= 0.6 is 34.8 Å². The van der Waals surface area contributed by atoms with Gasteiger partial charge in [0.25, 0.3) is 0 Å². The molecule has 7 heavy (non-hydrogen) atoms. The lowest BCUT2D eigenvalue weighted by molar-refractivity contribution is 0.824. The van der Waals surface area contributed by atoms with Crippen LogP contribution in [0.3, 0.4) is 0 Å². The Bertz CT molecular complexity index is 17.7. The number of hydrogen-bond acceptors (Lipinski definition) is 2. The molecule has 0 saturated heterocycles. The van der Waals surface area contributed by atoms with Gasteiger partial charge in [-0.1, -0.05) is 34.8 Å². The van der Waals surface area contributed by atoms with Crippen LogP contribution < -0.4 is 11.7 Å². The molecule has 0 heterocycles. The lowest BCUT2D eigenvalue weighted by Crippen LogP contribution is -2.02. The molecule has 0 aliphatic heterocycles. The minimum atomic E-state index is -0.750. The van der Waals surface area contributed by atoms with Crippen molar-refractivity contribution in [3.8, 4) is 0 Å². The van der Waals surface area contributed by atoms with Crippen LogP contribution in [0.5, 0.6) is 0 Å². The quantitative estimate of drug-likeness (QED) is 0.303. The number of halogens is 3. The Labute approximate surface area is 56.8 Å². The van der Waals surface area contributed by atoms with E-state index in [1.54, 1.807) is 0 Å². The smallest absolute Gasteiger partial charge is 0.180 e. The van der Waals surface area contributed by atoms with Gasteiger partial charge in [-0.2, -0.15) is 0 Å². The summed E-state index contributed by atoms with van der Waals surface area (Å²) in [6, 6.07) is 0. The average Bonchev–Trinajstić information content (AvgIpc) is 1.41. The van der Waals surface area contributed by atoms with Gasteiger partial charge in [-0.3, -0.25) is 11.7 Å². The molecular weight excluding hydrogens is 162 g/mol. The Morgan fingerprint density at radius 2 is 1.00 bits per heavy atom. The van der Waals surface area contributed by atoms with E-state index in [4.69, 9.17) is 34.8 Å². The Morgan fingerprint density at radius 3 is 1.00 bits per heavy atom. The second kappa shape index (κ2) is 15.9. The molecule has 0 aromatic rings. The van der Waals surface area contributed by atoms with Gasteiger partial charge in [-0.05, 0) is 0 Å². The van der Waals surface area contributed by atoms with Gasteiger partial charge in [0.05, 0.1) is 0 Å². The largest absolute Gasteiger partial charge is 0.412 e. The van der Waals surface area contributed by atoms with Gasteiger partial charge >= 0.3 is 0 Å². The van der Waals surface area contributed by atoms with E-state index in [1.807, 2.05) is 0 Å². The Balaban J connectivity index is -0.0000000480. The summed E-state index contributed by atoms with van der Waals surface area (Å²) in [5.74, 6) is 8.00. The van der Waals surface area contributed by atoms with Gasteiger partial charge in [-0.15, -0.1) is 0 Å². The highest BCUT2D eigenvalue weighted by Crippen LogP contribution is 2.03. The fraction of sp³-hybridized carbons (Fsp3) is 1.00. The zero-order valence-electron chi connectivity index (χ0n) is 3.37. The first kappa shape index (κ1) is 15.7. The Hall–Kier alpha value is 0.750. The highest BCUT2D eigenvalue weighted by atomic mass is 35.6. The van der Waals surface area contributed by atoms with E-state index in [2.05, 4.69) is 11.7 Å². The second-order valence-corrected chi connectivity index (χ2v) is 2.23. The summed E-state index contributed by atoms with van der Waals surface area (Å²) in [6.45, 7) is 0. The van der Waals surface area contributed by atoms with E-state index in [0.29, 0.717) is 0 Å². The van der Waals surface area contributed by atoms with E-state index in [0.717, 1.165) is 0 Å². The summed E-state index contributed by atoms with van der Waals surface area (Å²) < 4.78 is -0.750. The van der Waals surface area contributed by atoms with Crippen LogP contribution in [0, 0.1) is 0 Å². The van der Waals surface area contributed by atoms with Crippen molar-refractivity contribution in [3.05, 3.63) is 0 Å². The van der Waals surface area contributed by atoms with Crippen molar-refractivity contribution in [3.63, 3.8) is 0 Å². The number of alkyl halides is 3. The van der Waals surface area contributed by atoms with E-state index in [-0.39, 0.29) is 5.48 Å².